The third kappa shape index (κ3) is 5.04. The summed E-state index contributed by atoms with van der Waals surface area (Å²) in [7, 11) is 0. The van der Waals surface area contributed by atoms with Gasteiger partial charge in [0.25, 0.3) is 0 Å². The van der Waals surface area contributed by atoms with E-state index >= 15 is 0 Å². The molecule has 0 spiro atoms. The van der Waals surface area contributed by atoms with Crippen LogP contribution < -0.4 is 0 Å². The molecule has 0 saturated heterocycles. The third-order valence-corrected chi connectivity index (χ3v) is 3.95. The molecular weight excluding hydrogens is 246 g/mol. The van der Waals surface area contributed by atoms with Crippen LogP contribution in [0.2, 0.25) is 0 Å². The molecule has 1 aliphatic carbocycles. The molecule has 1 aliphatic rings. The van der Waals surface area contributed by atoms with Crippen LogP contribution in [0, 0.1) is 0 Å². The summed E-state index contributed by atoms with van der Waals surface area (Å²) in [6, 6.07) is 0.531. The van der Waals surface area contributed by atoms with E-state index in [0.717, 1.165) is 0 Å². The molecule has 0 aromatic rings. The highest BCUT2D eigenvalue weighted by atomic mass is 16.5. The second-order valence-corrected chi connectivity index (χ2v) is 9.33. The first-order valence-corrected chi connectivity index (χ1v) is 8.30. The Morgan fingerprint density at radius 1 is 0.750 bits per heavy atom. The minimum Gasteiger partial charge on any atom is -0.371 e. The molecule has 0 radical (unpaired) electrons. The Labute approximate surface area is 127 Å². The minimum absolute atomic E-state index is 0.0539. The van der Waals surface area contributed by atoms with Crippen LogP contribution >= 0.6 is 0 Å². The number of hydrogen-bond acceptors (Lipinski definition) is 2. The Bertz CT molecular complexity index is 289. The molecule has 2 atom stereocenters. The van der Waals surface area contributed by atoms with E-state index in [1.54, 1.807) is 0 Å². The molecule has 120 valence electrons. The lowest BCUT2D eigenvalue weighted by Gasteiger charge is -2.54. The average molecular weight is 284 g/mol. The zero-order valence-electron chi connectivity index (χ0n) is 15.3. The monoisotopic (exact) mass is 283 g/mol. The lowest BCUT2D eigenvalue weighted by atomic mass is 9.84. The Morgan fingerprint density at radius 2 is 1.20 bits per heavy atom. The van der Waals surface area contributed by atoms with Crippen LogP contribution in [0.25, 0.3) is 0 Å². The summed E-state index contributed by atoms with van der Waals surface area (Å²) in [4.78, 5) is 2.69. The normalized spacial score (nSPS) is 26.1. The Kier molecular flexibility index (Phi) is 5.36. The van der Waals surface area contributed by atoms with Gasteiger partial charge in [-0.2, -0.15) is 0 Å². The zero-order valence-corrected chi connectivity index (χ0v) is 15.3. The van der Waals surface area contributed by atoms with Gasteiger partial charge >= 0.3 is 0 Å². The van der Waals surface area contributed by atoms with Gasteiger partial charge in [0, 0.05) is 17.1 Å². The molecule has 0 heterocycles. The van der Waals surface area contributed by atoms with Crippen LogP contribution in [0.3, 0.4) is 0 Å². The van der Waals surface area contributed by atoms with E-state index in [0.29, 0.717) is 12.1 Å². The number of nitrogens with zero attached hydrogens (tertiary/aromatic N) is 1. The van der Waals surface area contributed by atoms with E-state index in [-0.39, 0.29) is 16.7 Å². The molecule has 1 fully saturated rings. The molecular formula is C18H37NO. The first kappa shape index (κ1) is 18.0. The standard InChI is InChI=1S/C18H37NO/c1-16(2,3)19(17(4,5)6)14-12-10-11-13-15(14)20-18(7,8)9/h14-15H,10-13H2,1-9H3/t14-,15+/m1/s1. The van der Waals surface area contributed by atoms with Crippen molar-refractivity contribution >= 4 is 0 Å². The van der Waals surface area contributed by atoms with Crippen LogP contribution in [-0.4, -0.2) is 33.7 Å². The maximum atomic E-state index is 6.42. The van der Waals surface area contributed by atoms with Crippen molar-refractivity contribution in [3.8, 4) is 0 Å². The van der Waals surface area contributed by atoms with Crippen molar-refractivity contribution in [1.82, 2.24) is 4.90 Å². The molecule has 1 rings (SSSR count). The van der Waals surface area contributed by atoms with Gasteiger partial charge in [-0.1, -0.05) is 12.8 Å². The van der Waals surface area contributed by atoms with Crippen molar-refractivity contribution in [1.29, 1.82) is 0 Å². The average Bonchev–Trinajstić information content (AvgIpc) is 2.14. The molecule has 0 N–H and O–H groups in total. The third-order valence-electron chi connectivity index (χ3n) is 3.95. The molecule has 0 aromatic carbocycles. The quantitative estimate of drug-likeness (QED) is 0.706. The predicted molar refractivity (Wildman–Crippen MR) is 88.2 cm³/mol. The largest absolute Gasteiger partial charge is 0.371 e. The lowest BCUT2D eigenvalue weighted by Crippen LogP contribution is -2.62. The van der Waals surface area contributed by atoms with E-state index in [4.69, 9.17) is 4.74 Å². The zero-order chi connectivity index (χ0) is 15.8. The van der Waals surface area contributed by atoms with Crippen molar-refractivity contribution in [2.24, 2.45) is 0 Å². The minimum atomic E-state index is -0.0539. The fraction of sp³-hybridized carbons (Fsp3) is 1.00. The van der Waals surface area contributed by atoms with Gasteiger partial charge in [0.2, 0.25) is 0 Å². The summed E-state index contributed by atoms with van der Waals surface area (Å²) in [6.45, 7) is 20.5. The fourth-order valence-electron chi connectivity index (χ4n) is 3.97. The predicted octanol–water partition coefficient (Wildman–Crippen LogP) is 5.01. The number of rotatable bonds is 2. The van der Waals surface area contributed by atoms with Crippen molar-refractivity contribution in [3.05, 3.63) is 0 Å². The molecule has 1 saturated carbocycles. The first-order chi connectivity index (χ1) is 8.82. The van der Waals surface area contributed by atoms with Crippen molar-refractivity contribution in [3.63, 3.8) is 0 Å². The van der Waals surface area contributed by atoms with Gasteiger partial charge in [0.15, 0.2) is 0 Å². The van der Waals surface area contributed by atoms with Gasteiger partial charge in [0.1, 0.15) is 0 Å². The molecule has 0 bridgehead atoms. The Morgan fingerprint density at radius 3 is 1.60 bits per heavy atom. The SMILES string of the molecule is CC(C)(C)O[C@H]1CCCC[C@H]1N(C(C)(C)C)C(C)(C)C. The molecule has 0 unspecified atom stereocenters. The molecule has 0 aliphatic heterocycles. The highest BCUT2D eigenvalue weighted by Crippen LogP contribution is 2.36. The molecule has 2 nitrogen and oxygen atoms in total. The summed E-state index contributed by atoms with van der Waals surface area (Å²) in [6.07, 6.45) is 5.46. The molecule has 0 amide bonds. The van der Waals surface area contributed by atoms with Gasteiger partial charge in [0.05, 0.1) is 11.7 Å². The highest BCUT2D eigenvalue weighted by Gasteiger charge is 2.42. The van der Waals surface area contributed by atoms with Crippen LogP contribution in [-0.2, 0) is 4.74 Å². The maximum absolute atomic E-state index is 6.42. The second-order valence-electron chi connectivity index (χ2n) is 9.33. The summed E-state index contributed by atoms with van der Waals surface area (Å²) >= 11 is 0. The Balaban J connectivity index is 3.02. The molecule has 20 heavy (non-hydrogen) atoms. The van der Waals surface area contributed by atoms with Crippen LogP contribution in [0.15, 0.2) is 0 Å². The molecule has 0 aromatic heterocycles. The summed E-state index contributed by atoms with van der Waals surface area (Å²) in [5.41, 5.74) is 0.279. The number of hydrogen-bond donors (Lipinski definition) is 0. The Hall–Kier alpha value is -0.0800. The fourth-order valence-corrected chi connectivity index (χ4v) is 3.97. The lowest BCUT2D eigenvalue weighted by molar-refractivity contribution is -0.141. The first-order valence-electron chi connectivity index (χ1n) is 8.30. The second kappa shape index (κ2) is 5.96. The van der Waals surface area contributed by atoms with E-state index in [1.807, 2.05) is 0 Å². The van der Waals surface area contributed by atoms with Crippen LogP contribution in [0.4, 0.5) is 0 Å². The van der Waals surface area contributed by atoms with Crippen LogP contribution in [0.5, 0.6) is 0 Å². The van der Waals surface area contributed by atoms with Crippen molar-refractivity contribution in [2.45, 2.75) is 117 Å². The van der Waals surface area contributed by atoms with Gasteiger partial charge in [-0.15, -0.1) is 0 Å². The van der Waals surface area contributed by atoms with Gasteiger partial charge in [-0.3, -0.25) is 4.90 Å². The van der Waals surface area contributed by atoms with Crippen LogP contribution in [0.1, 0.15) is 88.0 Å². The van der Waals surface area contributed by atoms with E-state index in [9.17, 15) is 0 Å². The summed E-state index contributed by atoms with van der Waals surface area (Å²) < 4.78 is 6.42. The molecule has 2 heteroatoms. The maximum Gasteiger partial charge on any atom is 0.0737 e. The highest BCUT2D eigenvalue weighted by molar-refractivity contribution is 4.97. The van der Waals surface area contributed by atoms with E-state index < -0.39 is 0 Å². The van der Waals surface area contributed by atoms with Crippen molar-refractivity contribution in [2.75, 3.05) is 0 Å². The van der Waals surface area contributed by atoms with Gasteiger partial charge in [-0.05, 0) is 75.2 Å². The van der Waals surface area contributed by atoms with Crippen molar-refractivity contribution < 1.29 is 4.74 Å². The summed E-state index contributed by atoms with van der Waals surface area (Å²) in [5, 5.41) is 0. The van der Waals surface area contributed by atoms with E-state index in [1.165, 1.54) is 25.7 Å². The van der Waals surface area contributed by atoms with E-state index in [2.05, 4.69) is 67.2 Å². The van der Waals surface area contributed by atoms with Gasteiger partial charge in [-0.25, -0.2) is 0 Å². The summed E-state index contributed by atoms with van der Waals surface area (Å²) in [5.74, 6) is 0. The smallest absolute Gasteiger partial charge is 0.0737 e. The number of ether oxygens (including phenoxy) is 1. The van der Waals surface area contributed by atoms with Gasteiger partial charge < -0.3 is 4.74 Å². The topological polar surface area (TPSA) is 12.5 Å².